The van der Waals surface area contributed by atoms with E-state index in [0.717, 1.165) is 27.4 Å². The fourth-order valence-electron chi connectivity index (χ4n) is 4.25. The molecule has 2 atom stereocenters. The van der Waals surface area contributed by atoms with E-state index in [0.29, 0.717) is 11.4 Å². The number of hydrogen-bond acceptors (Lipinski definition) is 5. The van der Waals surface area contributed by atoms with Crippen LogP contribution in [0.4, 0.5) is 5.69 Å². The molecule has 0 fully saturated rings. The molecule has 1 N–H and O–H groups in total. The van der Waals surface area contributed by atoms with E-state index in [1.165, 1.54) is 17.0 Å². The standard InChI is InChI=1S/C31H39N3O5S/c1-7-23(3)32-31(36)25(5)33(20-26-14-12-15-27(19-26)39-6)30(35)21-34(29-18-11-13-22(2)24(29)4)40(37,38)28-16-9-8-10-17-28/h8-19,23,25H,7,20-21H2,1-6H3,(H,32,36). The van der Waals surface area contributed by atoms with Crippen LogP contribution in [0.1, 0.15) is 43.9 Å². The van der Waals surface area contributed by atoms with E-state index < -0.39 is 28.5 Å². The summed E-state index contributed by atoms with van der Waals surface area (Å²) in [5.74, 6) is -0.199. The number of nitrogens with zero attached hydrogens (tertiary/aromatic N) is 2. The molecular weight excluding hydrogens is 526 g/mol. The Bertz CT molecular complexity index is 1430. The molecule has 0 bridgehead atoms. The highest BCUT2D eigenvalue weighted by molar-refractivity contribution is 7.92. The topological polar surface area (TPSA) is 96.0 Å². The van der Waals surface area contributed by atoms with E-state index in [1.54, 1.807) is 56.5 Å². The summed E-state index contributed by atoms with van der Waals surface area (Å²) in [6, 6.07) is 19.7. The first-order valence-electron chi connectivity index (χ1n) is 13.4. The maximum atomic E-state index is 14.1. The van der Waals surface area contributed by atoms with Crippen LogP contribution in [0.3, 0.4) is 0 Å². The predicted octanol–water partition coefficient (Wildman–Crippen LogP) is 4.84. The van der Waals surface area contributed by atoms with E-state index in [-0.39, 0.29) is 23.4 Å². The van der Waals surface area contributed by atoms with Crippen molar-refractivity contribution in [3.05, 3.63) is 89.5 Å². The molecule has 0 saturated carbocycles. The van der Waals surface area contributed by atoms with Gasteiger partial charge in [-0.25, -0.2) is 8.42 Å². The van der Waals surface area contributed by atoms with Gasteiger partial charge in [0, 0.05) is 12.6 Å². The molecule has 9 heteroatoms. The number of sulfonamides is 1. The first-order chi connectivity index (χ1) is 19.0. The lowest BCUT2D eigenvalue weighted by Crippen LogP contribution is -2.52. The summed E-state index contributed by atoms with van der Waals surface area (Å²) < 4.78 is 34.4. The molecule has 3 aromatic carbocycles. The second-order valence-electron chi connectivity index (χ2n) is 9.91. The van der Waals surface area contributed by atoms with E-state index in [9.17, 15) is 18.0 Å². The molecule has 0 aliphatic carbocycles. The molecule has 0 spiro atoms. The molecule has 0 aromatic heterocycles. The van der Waals surface area contributed by atoms with Gasteiger partial charge in [0.2, 0.25) is 11.8 Å². The molecule has 0 heterocycles. The number of hydrogen-bond donors (Lipinski definition) is 1. The summed E-state index contributed by atoms with van der Waals surface area (Å²) in [7, 11) is -2.55. The molecule has 2 amide bonds. The van der Waals surface area contributed by atoms with Gasteiger partial charge in [-0.15, -0.1) is 0 Å². The van der Waals surface area contributed by atoms with Crippen molar-refractivity contribution in [1.29, 1.82) is 0 Å². The minimum Gasteiger partial charge on any atom is -0.497 e. The number of benzene rings is 3. The number of carbonyl (C=O) groups excluding carboxylic acids is 2. The Balaban J connectivity index is 2.06. The number of nitrogens with one attached hydrogen (secondary N) is 1. The Morgan fingerprint density at radius 2 is 1.62 bits per heavy atom. The van der Waals surface area contributed by atoms with Gasteiger partial charge in [0.25, 0.3) is 10.0 Å². The fourth-order valence-corrected chi connectivity index (χ4v) is 5.75. The highest BCUT2D eigenvalue weighted by Crippen LogP contribution is 2.29. The van der Waals surface area contributed by atoms with Crippen molar-refractivity contribution in [1.82, 2.24) is 10.2 Å². The highest BCUT2D eigenvalue weighted by Gasteiger charge is 2.33. The summed E-state index contributed by atoms with van der Waals surface area (Å²) in [6.45, 7) is 8.86. The van der Waals surface area contributed by atoms with Gasteiger partial charge in [-0.1, -0.05) is 49.4 Å². The number of rotatable bonds is 12. The van der Waals surface area contributed by atoms with Gasteiger partial charge in [-0.3, -0.25) is 13.9 Å². The zero-order chi connectivity index (χ0) is 29.4. The molecule has 8 nitrogen and oxygen atoms in total. The highest BCUT2D eigenvalue weighted by atomic mass is 32.2. The minimum absolute atomic E-state index is 0.0746. The molecule has 2 unspecified atom stereocenters. The van der Waals surface area contributed by atoms with Gasteiger partial charge in [0.15, 0.2) is 0 Å². The van der Waals surface area contributed by atoms with Crippen LogP contribution < -0.4 is 14.4 Å². The van der Waals surface area contributed by atoms with Gasteiger partial charge < -0.3 is 15.0 Å². The smallest absolute Gasteiger partial charge is 0.264 e. The van der Waals surface area contributed by atoms with Gasteiger partial charge in [0.1, 0.15) is 18.3 Å². The molecule has 0 saturated heterocycles. The zero-order valence-corrected chi connectivity index (χ0v) is 24.9. The average Bonchev–Trinajstić information content (AvgIpc) is 2.96. The Kier molecular flexibility index (Phi) is 10.3. The van der Waals surface area contributed by atoms with Crippen LogP contribution in [0.15, 0.2) is 77.7 Å². The Labute approximate surface area is 238 Å². The largest absolute Gasteiger partial charge is 0.497 e. The lowest BCUT2D eigenvalue weighted by molar-refractivity contribution is -0.139. The summed E-state index contributed by atoms with van der Waals surface area (Å²) in [5.41, 5.74) is 2.81. The number of ether oxygens (including phenoxy) is 1. The molecule has 214 valence electrons. The average molecular weight is 566 g/mol. The van der Waals surface area contributed by atoms with Gasteiger partial charge in [-0.2, -0.15) is 0 Å². The minimum atomic E-state index is -4.11. The molecular formula is C31H39N3O5S. The van der Waals surface area contributed by atoms with Gasteiger partial charge in [0.05, 0.1) is 17.7 Å². The summed E-state index contributed by atoms with van der Waals surface area (Å²) >= 11 is 0. The summed E-state index contributed by atoms with van der Waals surface area (Å²) in [6.07, 6.45) is 0.734. The third-order valence-corrected chi connectivity index (χ3v) is 8.88. The summed E-state index contributed by atoms with van der Waals surface area (Å²) in [5, 5.41) is 2.94. The normalized spacial score (nSPS) is 12.8. The quantitative estimate of drug-likeness (QED) is 0.339. The maximum absolute atomic E-state index is 14.1. The molecule has 0 aliphatic rings. The Hall–Kier alpha value is -3.85. The van der Waals surface area contributed by atoms with Crippen molar-refractivity contribution < 1.29 is 22.7 Å². The second kappa shape index (κ2) is 13.5. The van der Waals surface area contributed by atoms with Crippen molar-refractivity contribution in [2.45, 2.75) is 64.6 Å². The van der Waals surface area contributed by atoms with Crippen LogP contribution in [-0.4, -0.2) is 50.9 Å². The van der Waals surface area contributed by atoms with Crippen molar-refractivity contribution in [3.8, 4) is 5.75 Å². The van der Waals surface area contributed by atoms with Crippen LogP contribution in [-0.2, 0) is 26.2 Å². The Morgan fingerprint density at radius 1 is 0.950 bits per heavy atom. The third kappa shape index (κ3) is 7.21. The molecule has 3 aromatic rings. The van der Waals surface area contributed by atoms with E-state index in [2.05, 4.69) is 5.32 Å². The van der Waals surface area contributed by atoms with Gasteiger partial charge >= 0.3 is 0 Å². The lowest BCUT2D eigenvalue weighted by Gasteiger charge is -2.33. The molecule has 0 radical (unpaired) electrons. The fraction of sp³-hybridized carbons (Fsp3) is 0.355. The number of amides is 2. The third-order valence-electron chi connectivity index (χ3n) is 7.11. The maximum Gasteiger partial charge on any atom is 0.264 e. The van der Waals surface area contributed by atoms with Crippen molar-refractivity contribution in [2.24, 2.45) is 0 Å². The van der Waals surface area contributed by atoms with Crippen LogP contribution in [0, 0.1) is 13.8 Å². The van der Waals surface area contributed by atoms with Gasteiger partial charge in [-0.05, 0) is 81.1 Å². The van der Waals surface area contributed by atoms with Crippen LogP contribution in [0.2, 0.25) is 0 Å². The van der Waals surface area contributed by atoms with Crippen molar-refractivity contribution in [2.75, 3.05) is 18.0 Å². The Morgan fingerprint density at radius 3 is 2.27 bits per heavy atom. The number of aryl methyl sites for hydroxylation is 1. The number of anilines is 1. The first kappa shape index (κ1) is 30.7. The zero-order valence-electron chi connectivity index (χ0n) is 24.0. The molecule has 0 aliphatic heterocycles. The molecule has 40 heavy (non-hydrogen) atoms. The first-order valence-corrected chi connectivity index (χ1v) is 14.8. The monoisotopic (exact) mass is 565 g/mol. The van der Waals surface area contributed by atoms with Crippen molar-refractivity contribution in [3.63, 3.8) is 0 Å². The predicted molar refractivity (Wildman–Crippen MR) is 158 cm³/mol. The number of carbonyl (C=O) groups is 2. The van der Waals surface area contributed by atoms with Crippen LogP contribution >= 0.6 is 0 Å². The summed E-state index contributed by atoms with van der Waals surface area (Å²) in [4.78, 5) is 28.7. The lowest BCUT2D eigenvalue weighted by atomic mass is 10.1. The van der Waals surface area contributed by atoms with Crippen LogP contribution in [0.5, 0.6) is 5.75 Å². The van der Waals surface area contributed by atoms with Crippen molar-refractivity contribution >= 4 is 27.5 Å². The second-order valence-corrected chi connectivity index (χ2v) is 11.8. The SMILES string of the molecule is CCC(C)NC(=O)C(C)N(Cc1cccc(OC)c1)C(=O)CN(c1cccc(C)c1C)S(=O)(=O)c1ccccc1. The van der Waals surface area contributed by atoms with Crippen LogP contribution in [0.25, 0.3) is 0 Å². The van der Waals surface area contributed by atoms with E-state index in [4.69, 9.17) is 4.74 Å². The van der Waals surface area contributed by atoms with E-state index >= 15 is 0 Å². The van der Waals surface area contributed by atoms with E-state index in [1.807, 2.05) is 45.9 Å². The number of methoxy groups -OCH3 is 1. The molecule has 3 rings (SSSR count).